The number of hydrogen-bond acceptors (Lipinski definition) is 5. The van der Waals surface area contributed by atoms with E-state index in [2.05, 4.69) is 0 Å². The molecule has 8 heteroatoms. The third-order valence-electron chi connectivity index (χ3n) is 3.71. The highest BCUT2D eigenvalue weighted by atomic mass is 35.5. The highest BCUT2D eigenvalue weighted by Gasteiger charge is 2.30. The third kappa shape index (κ3) is 4.17. The molecule has 1 aliphatic heterocycles. The summed E-state index contributed by atoms with van der Waals surface area (Å²) in [4.78, 5) is 25.8. The summed E-state index contributed by atoms with van der Waals surface area (Å²) >= 11 is 6.89. The second-order valence-electron chi connectivity index (χ2n) is 5.51. The molecule has 3 rings (SSSR count). The number of benzene rings is 2. The van der Waals surface area contributed by atoms with Crippen LogP contribution in [-0.4, -0.2) is 37.3 Å². The van der Waals surface area contributed by atoms with E-state index in [9.17, 15) is 18.0 Å². The fourth-order valence-electron chi connectivity index (χ4n) is 2.36. The van der Waals surface area contributed by atoms with Crippen LogP contribution in [0.15, 0.2) is 69.9 Å². The first kappa shape index (κ1) is 18.7. The molecule has 1 fully saturated rings. The number of carbonyl (C=O) groups is 2. The molecule has 2 aromatic carbocycles. The van der Waals surface area contributed by atoms with Gasteiger partial charge < -0.3 is 0 Å². The number of thioether (sulfide) groups is 1. The van der Waals surface area contributed by atoms with E-state index in [-0.39, 0.29) is 33.9 Å². The highest BCUT2D eigenvalue weighted by Crippen LogP contribution is 2.31. The molecule has 1 heterocycles. The summed E-state index contributed by atoms with van der Waals surface area (Å²) in [7, 11) is -3.76. The van der Waals surface area contributed by atoms with Crippen molar-refractivity contribution < 1.29 is 18.0 Å². The van der Waals surface area contributed by atoms with E-state index in [1.165, 1.54) is 29.2 Å². The van der Waals surface area contributed by atoms with Crippen LogP contribution in [-0.2, 0) is 14.6 Å². The maximum atomic E-state index is 12.6. The predicted molar refractivity (Wildman–Crippen MR) is 102 cm³/mol. The van der Waals surface area contributed by atoms with E-state index in [1.54, 1.807) is 30.3 Å². The number of nitrogens with zero attached hydrogens (tertiary/aromatic N) is 1. The summed E-state index contributed by atoms with van der Waals surface area (Å²) < 4.78 is 25.1. The zero-order valence-corrected chi connectivity index (χ0v) is 15.9. The Labute approximate surface area is 160 Å². The molecule has 0 aromatic heterocycles. The Balaban J connectivity index is 1.86. The van der Waals surface area contributed by atoms with Crippen LogP contribution in [0.4, 0.5) is 0 Å². The lowest BCUT2D eigenvalue weighted by Gasteiger charge is -2.16. The molecule has 134 valence electrons. The smallest absolute Gasteiger partial charge is 0.238 e. The van der Waals surface area contributed by atoms with Gasteiger partial charge in [0, 0.05) is 10.6 Å². The van der Waals surface area contributed by atoms with Gasteiger partial charge in [0.2, 0.25) is 15.7 Å². The summed E-state index contributed by atoms with van der Waals surface area (Å²) in [5, 5.41) is 1.70. The molecule has 1 saturated heterocycles. The van der Waals surface area contributed by atoms with Crippen molar-refractivity contribution in [3.63, 3.8) is 0 Å². The highest BCUT2D eigenvalue weighted by molar-refractivity contribution is 8.05. The van der Waals surface area contributed by atoms with Crippen molar-refractivity contribution in [3.8, 4) is 0 Å². The number of ketones is 1. The van der Waals surface area contributed by atoms with Gasteiger partial charge in [-0.2, -0.15) is 0 Å². The Morgan fingerprint density at radius 2 is 1.77 bits per heavy atom. The first-order valence-electron chi connectivity index (χ1n) is 7.60. The molecule has 26 heavy (non-hydrogen) atoms. The molecule has 1 amide bonds. The maximum Gasteiger partial charge on any atom is 0.238 e. The number of hydrogen-bond donors (Lipinski definition) is 0. The quantitative estimate of drug-likeness (QED) is 0.710. The topological polar surface area (TPSA) is 71.5 Å². The fraction of sp³-hybridized carbons (Fsp3) is 0.111. The minimum atomic E-state index is -3.76. The average Bonchev–Trinajstić information content (AvgIpc) is 2.95. The first-order chi connectivity index (χ1) is 12.4. The van der Waals surface area contributed by atoms with E-state index in [4.69, 9.17) is 11.6 Å². The minimum absolute atomic E-state index is 0.0729. The number of amides is 1. The molecular weight excluding hydrogens is 394 g/mol. The molecule has 0 atom stereocenters. The van der Waals surface area contributed by atoms with Crippen LogP contribution in [0.1, 0.15) is 10.4 Å². The molecule has 0 aliphatic carbocycles. The van der Waals surface area contributed by atoms with Crippen molar-refractivity contribution in [2.24, 2.45) is 0 Å². The van der Waals surface area contributed by atoms with E-state index < -0.39 is 9.84 Å². The lowest BCUT2D eigenvalue weighted by Crippen LogP contribution is -2.30. The second-order valence-corrected chi connectivity index (χ2v) is 8.74. The van der Waals surface area contributed by atoms with Crippen LogP contribution in [0.3, 0.4) is 0 Å². The lowest BCUT2D eigenvalue weighted by molar-refractivity contribution is -0.125. The van der Waals surface area contributed by atoms with Crippen LogP contribution in [0, 0.1) is 0 Å². The Hall–Kier alpha value is -2.09. The summed E-state index contributed by atoms with van der Waals surface area (Å²) in [5.74, 6) is -0.447. The molecule has 0 spiro atoms. The molecule has 0 bridgehead atoms. The SMILES string of the molecule is O=C(CN1C(=O)CS/C1=C\S(=O)(=O)c1ccc(Cl)cc1)c1ccccc1. The minimum Gasteiger partial charge on any atom is -0.298 e. The van der Waals surface area contributed by atoms with E-state index >= 15 is 0 Å². The van der Waals surface area contributed by atoms with Gasteiger partial charge >= 0.3 is 0 Å². The van der Waals surface area contributed by atoms with Crippen LogP contribution < -0.4 is 0 Å². The van der Waals surface area contributed by atoms with E-state index in [0.717, 1.165) is 17.2 Å². The molecule has 0 radical (unpaired) electrons. The summed E-state index contributed by atoms with van der Waals surface area (Å²) in [5.41, 5.74) is 0.470. The van der Waals surface area contributed by atoms with Crippen molar-refractivity contribution in [1.29, 1.82) is 0 Å². The summed E-state index contributed by atoms with van der Waals surface area (Å²) in [6, 6.07) is 14.3. The second kappa shape index (κ2) is 7.65. The van der Waals surface area contributed by atoms with Crippen LogP contribution >= 0.6 is 23.4 Å². The van der Waals surface area contributed by atoms with Crippen LogP contribution in [0.25, 0.3) is 0 Å². The number of rotatable bonds is 5. The zero-order chi connectivity index (χ0) is 18.7. The van der Waals surface area contributed by atoms with Crippen LogP contribution in [0.2, 0.25) is 5.02 Å². The molecule has 0 unspecified atom stereocenters. The Morgan fingerprint density at radius 1 is 1.12 bits per heavy atom. The molecule has 5 nitrogen and oxygen atoms in total. The number of carbonyl (C=O) groups excluding carboxylic acids is 2. The van der Waals surface area contributed by atoms with Gasteiger partial charge in [-0.15, -0.1) is 0 Å². The number of Topliss-reactive ketones (excluding diaryl/α,β-unsaturated/α-hetero) is 1. The van der Waals surface area contributed by atoms with Gasteiger partial charge in [0.15, 0.2) is 5.78 Å². The monoisotopic (exact) mass is 407 g/mol. The summed E-state index contributed by atoms with van der Waals surface area (Å²) in [6.45, 7) is -0.197. The normalized spacial score (nSPS) is 16.3. The van der Waals surface area contributed by atoms with Gasteiger partial charge in [0.05, 0.1) is 27.6 Å². The standard InChI is InChI=1S/C18H14ClNO4S2/c19-14-6-8-15(9-7-14)26(23,24)12-18-20(17(22)11-25-18)10-16(21)13-4-2-1-3-5-13/h1-9,12H,10-11H2/b18-12-. The van der Waals surface area contributed by atoms with Crippen LogP contribution in [0.5, 0.6) is 0 Å². The van der Waals surface area contributed by atoms with E-state index in [0.29, 0.717) is 10.6 Å². The predicted octanol–water partition coefficient (Wildman–Crippen LogP) is 3.37. The van der Waals surface area contributed by atoms with Gasteiger partial charge in [-0.25, -0.2) is 8.42 Å². The molecular formula is C18H14ClNO4S2. The van der Waals surface area contributed by atoms with Gasteiger partial charge in [0.25, 0.3) is 0 Å². The fourth-order valence-corrected chi connectivity index (χ4v) is 4.93. The lowest BCUT2D eigenvalue weighted by atomic mass is 10.1. The largest absolute Gasteiger partial charge is 0.298 e. The molecule has 1 aliphatic rings. The molecule has 0 saturated carbocycles. The summed E-state index contributed by atoms with van der Waals surface area (Å²) in [6.07, 6.45) is 0. The van der Waals surface area contributed by atoms with Crippen molar-refractivity contribution in [3.05, 3.63) is 75.6 Å². The third-order valence-corrected chi connectivity index (χ3v) is 6.60. The van der Waals surface area contributed by atoms with Crippen molar-refractivity contribution in [1.82, 2.24) is 4.90 Å². The number of sulfone groups is 1. The Kier molecular flexibility index (Phi) is 5.50. The average molecular weight is 408 g/mol. The van der Waals surface area contributed by atoms with Gasteiger partial charge in [-0.1, -0.05) is 53.7 Å². The zero-order valence-electron chi connectivity index (χ0n) is 13.5. The Bertz CT molecular complexity index is 970. The van der Waals surface area contributed by atoms with Crippen molar-refractivity contribution in [2.75, 3.05) is 12.3 Å². The maximum absolute atomic E-state index is 12.6. The van der Waals surface area contributed by atoms with Crippen molar-refractivity contribution >= 4 is 44.9 Å². The Morgan fingerprint density at radius 3 is 2.42 bits per heavy atom. The van der Waals surface area contributed by atoms with Gasteiger partial charge in [0.1, 0.15) is 0 Å². The van der Waals surface area contributed by atoms with Crippen molar-refractivity contribution in [2.45, 2.75) is 4.90 Å². The molecule has 2 aromatic rings. The molecule has 0 N–H and O–H groups in total. The first-order valence-corrected chi connectivity index (χ1v) is 10.5. The van der Waals surface area contributed by atoms with Gasteiger partial charge in [-0.05, 0) is 24.3 Å². The number of halogens is 1. The van der Waals surface area contributed by atoms with E-state index in [1.807, 2.05) is 0 Å². The van der Waals surface area contributed by atoms with Gasteiger partial charge in [-0.3, -0.25) is 14.5 Å².